The summed E-state index contributed by atoms with van der Waals surface area (Å²) in [5.74, 6) is 0.429. The number of benzene rings is 1. The molecule has 0 aliphatic carbocycles. The predicted octanol–water partition coefficient (Wildman–Crippen LogP) is 1.24. The van der Waals surface area contributed by atoms with Crippen LogP contribution in [0.25, 0.3) is 0 Å². The van der Waals surface area contributed by atoms with E-state index in [1.54, 1.807) is 0 Å². The standard InChI is InChI=1S/C9H9ClOSe/c10-6-9(7-11)12-8-4-2-1-3-5-8/h1-5,7,9H,6H2. The van der Waals surface area contributed by atoms with Crippen LogP contribution in [0.3, 0.4) is 0 Å². The SMILES string of the molecule is O=CC(CCl)[Se]c1ccccc1. The van der Waals surface area contributed by atoms with Crippen LogP contribution in [0.4, 0.5) is 0 Å². The molecule has 0 saturated heterocycles. The van der Waals surface area contributed by atoms with Crippen molar-refractivity contribution in [2.24, 2.45) is 0 Å². The molecule has 0 radical (unpaired) electrons. The Balaban J connectivity index is 2.56. The van der Waals surface area contributed by atoms with E-state index in [0.717, 1.165) is 6.29 Å². The van der Waals surface area contributed by atoms with Crippen LogP contribution in [0.5, 0.6) is 0 Å². The first-order valence-corrected chi connectivity index (χ1v) is 5.98. The van der Waals surface area contributed by atoms with Crippen LogP contribution in [0.15, 0.2) is 30.3 Å². The predicted molar refractivity (Wildman–Crippen MR) is 52.4 cm³/mol. The zero-order valence-electron chi connectivity index (χ0n) is 6.44. The molecule has 1 unspecified atom stereocenters. The van der Waals surface area contributed by atoms with Gasteiger partial charge in [-0.05, 0) is 0 Å². The van der Waals surface area contributed by atoms with Crippen molar-refractivity contribution in [3.05, 3.63) is 30.3 Å². The molecular formula is C9H9ClOSe. The Morgan fingerprint density at radius 3 is 2.58 bits per heavy atom. The quantitative estimate of drug-likeness (QED) is 0.445. The van der Waals surface area contributed by atoms with E-state index in [2.05, 4.69) is 0 Å². The van der Waals surface area contributed by atoms with Crippen LogP contribution < -0.4 is 4.46 Å². The molecule has 1 atom stereocenters. The van der Waals surface area contributed by atoms with Gasteiger partial charge in [0.2, 0.25) is 0 Å². The Morgan fingerprint density at radius 1 is 1.42 bits per heavy atom. The maximum absolute atomic E-state index is 10.5. The van der Waals surface area contributed by atoms with Gasteiger partial charge in [0.1, 0.15) is 0 Å². The van der Waals surface area contributed by atoms with Gasteiger partial charge < -0.3 is 0 Å². The average Bonchev–Trinajstić information content (AvgIpc) is 2.16. The topological polar surface area (TPSA) is 17.1 Å². The summed E-state index contributed by atoms with van der Waals surface area (Å²) in [6.45, 7) is 0. The number of carbonyl (C=O) groups is 1. The normalized spacial score (nSPS) is 12.4. The van der Waals surface area contributed by atoms with Crippen molar-refractivity contribution in [3.63, 3.8) is 0 Å². The number of halogens is 1. The van der Waals surface area contributed by atoms with Crippen molar-refractivity contribution >= 4 is 37.3 Å². The van der Waals surface area contributed by atoms with E-state index in [1.165, 1.54) is 4.46 Å². The van der Waals surface area contributed by atoms with Crippen LogP contribution in [-0.2, 0) is 4.79 Å². The molecule has 12 heavy (non-hydrogen) atoms. The molecule has 0 fully saturated rings. The number of rotatable bonds is 4. The van der Waals surface area contributed by atoms with Gasteiger partial charge in [0, 0.05) is 0 Å². The first-order chi connectivity index (χ1) is 5.86. The summed E-state index contributed by atoms with van der Waals surface area (Å²) in [6.07, 6.45) is 0.944. The molecule has 64 valence electrons. The summed E-state index contributed by atoms with van der Waals surface area (Å²) in [4.78, 5) is 10.5. The molecule has 0 N–H and O–H groups in total. The zero-order valence-corrected chi connectivity index (χ0v) is 8.91. The van der Waals surface area contributed by atoms with Crippen LogP contribution >= 0.6 is 11.6 Å². The fraction of sp³-hybridized carbons (Fsp3) is 0.222. The maximum atomic E-state index is 10.5. The zero-order chi connectivity index (χ0) is 8.81. The molecule has 0 amide bonds. The van der Waals surface area contributed by atoms with Crippen molar-refractivity contribution < 1.29 is 4.79 Å². The molecule has 0 bridgehead atoms. The molecule has 0 aliphatic heterocycles. The summed E-state index contributed by atoms with van der Waals surface area (Å²) < 4.78 is 1.22. The van der Waals surface area contributed by atoms with Gasteiger partial charge in [0.25, 0.3) is 0 Å². The molecule has 0 saturated carbocycles. The van der Waals surface area contributed by atoms with Crippen LogP contribution in [0.1, 0.15) is 0 Å². The van der Waals surface area contributed by atoms with Crippen LogP contribution in [0.2, 0.25) is 4.82 Å². The van der Waals surface area contributed by atoms with Crippen molar-refractivity contribution in [2.45, 2.75) is 4.82 Å². The van der Waals surface area contributed by atoms with Gasteiger partial charge in [0.05, 0.1) is 0 Å². The van der Waals surface area contributed by atoms with E-state index in [1.807, 2.05) is 30.3 Å². The number of alkyl halides is 1. The van der Waals surface area contributed by atoms with Crippen molar-refractivity contribution in [3.8, 4) is 0 Å². The van der Waals surface area contributed by atoms with Gasteiger partial charge in [0.15, 0.2) is 0 Å². The number of carbonyl (C=O) groups excluding carboxylic acids is 1. The third-order valence-corrected chi connectivity index (χ3v) is 4.44. The molecule has 0 spiro atoms. The van der Waals surface area contributed by atoms with E-state index in [-0.39, 0.29) is 19.8 Å². The molecular weight excluding hydrogens is 239 g/mol. The molecule has 0 aromatic heterocycles. The van der Waals surface area contributed by atoms with Gasteiger partial charge in [-0.25, -0.2) is 0 Å². The molecule has 1 rings (SSSR count). The van der Waals surface area contributed by atoms with Gasteiger partial charge in [-0.3, -0.25) is 0 Å². The molecule has 3 heteroatoms. The van der Waals surface area contributed by atoms with E-state index in [9.17, 15) is 4.79 Å². The minimum absolute atomic E-state index is 0.0153. The van der Waals surface area contributed by atoms with Crippen LogP contribution in [0, 0.1) is 0 Å². The third kappa shape index (κ3) is 2.98. The second-order valence-electron chi connectivity index (χ2n) is 2.26. The Bertz CT molecular complexity index is 238. The van der Waals surface area contributed by atoms with Gasteiger partial charge in [-0.2, -0.15) is 0 Å². The van der Waals surface area contributed by atoms with E-state index < -0.39 is 0 Å². The molecule has 0 heterocycles. The second-order valence-corrected chi connectivity index (χ2v) is 5.32. The van der Waals surface area contributed by atoms with Crippen molar-refractivity contribution in [1.82, 2.24) is 0 Å². The summed E-state index contributed by atoms with van der Waals surface area (Å²) in [7, 11) is 0. The van der Waals surface area contributed by atoms with Gasteiger partial charge in [-0.15, -0.1) is 0 Å². The molecule has 1 aromatic rings. The number of aldehydes is 1. The first kappa shape index (κ1) is 9.78. The van der Waals surface area contributed by atoms with E-state index >= 15 is 0 Å². The fourth-order valence-electron chi connectivity index (χ4n) is 0.769. The third-order valence-electron chi connectivity index (χ3n) is 1.33. The Hall–Kier alpha value is -0.301. The Kier molecular flexibility index (Phi) is 4.37. The van der Waals surface area contributed by atoms with Crippen molar-refractivity contribution in [1.29, 1.82) is 0 Å². The fourth-order valence-corrected chi connectivity index (χ4v) is 2.81. The average molecular weight is 248 g/mol. The van der Waals surface area contributed by atoms with Crippen molar-refractivity contribution in [2.75, 3.05) is 5.88 Å². The summed E-state index contributed by atoms with van der Waals surface area (Å²) in [5.41, 5.74) is 0. The van der Waals surface area contributed by atoms with Gasteiger partial charge >= 0.3 is 83.1 Å². The monoisotopic (exact) mass is 248 g/mol. The molecule has 1 aromatic carbocycles. The minimum atomic E-state index is 0.0153. The molecule has 1 nitrogen and oxygen atoms in total. The summed E-state index contributed by atoms with van der Waals surface area (Å²) >= 11 is 5.79. The van der Waals surface area contributed by atoms with Crippen LogP contribution in [-0.4, -0.2) is 27.1 Å². The van der Waals surface area contributed by atoms with E-state index in [4.69, 9.17) is 11.6 Å². The van der Waals surface area contributed by atoms with E-state index in [0.29, 0.717) is 5.88 Å². The first-order valence-electron chi connectivity index (χ1n) is 3.60. The summed E-state index contributed by atoms with van der Waals surface area (Å²) in [6, 6.07) is 9.99. The number of hydrogen-bond donors (Lipinski definition) is 0. The number of hydrogen-bond acceptors (Lipinski definition) is 1. The Labute approximate surface area is 83.3 Å². The summed E-state index contributed by atoms with van der Waals surface area (Å²) in [5, 5.41) is 0. The Morgan fingerprint density at radius 2 is 2.08 bits per heavy atom. The second kappa shape index (κ2) is 5.36. The van der Waals surface area contributed by atoms with Gasteiger partial charge in [-0.1, -0.05) is 0 Å². The molecule has 0 aliphatic rings.